The molecule has 0 radical (unpaired) electrons. The van der Waals surface area contributed by atoms with E-state index in [1.54, 1.807) is 0 Å². The van der Waals surface area contributed by atoms with Crippen LogP contribution in [0.15, 0.2) is 48.5 Å². The molecule has 0 aromatic heterocycles. The first-order chi connectivity index (χ1) is 9.99. The van der Waals surface area contributed by atoms with Gasteiger partial charge in [-0.2, -0.15) is 0 Å². The Morgan fingerprint density at radius 1 is 0.905 bits per heavy atom. The highest BCUT2D eigenvalue weighted by molar-refractivity contribution is 5.91. The maximum Gasteiger partial charge on any atom is 0.343 e. The molecule has 0 fully saturated rings. The van der Waals surface area contributed by atoms with E-state index in [2.05, 4.69) is 0 Å². The van der Waals surface area contributed by atoms with Crippen molar-refractivity contribution in [1.82, 2.24) is 0 Å². The lowest BCUT2D eigenvalue weighted by molar-refractivity contribution is -0.385. The third-order valence-electron chi connectivity index (χ3n) is 2.58. The average molecular weight is 288 g/mol. The van der Waals surface area contributed by atoms with Crippen LogP contribution in [0.2, 0.25) is 0 Å². The Kier molecular flexibility index (Phi) is 3.89. The Labute approximate surface area is 117 Å². The van der Waals surface area contributed by atoms with Gasteiger partial charge in [0, 0.05) is 18.2 Å². The minimum Gasteiger partial charge on any atom is -0.416 e. The molecule has 0 aliphatic rings. The first kappa shape index (κ1) is 14.1. The summed E-state index contributed by atoms with van der Waals surface area (Å²) in [5.74, 6) is -1.02. The van der Waals surface area contributed by atoms with Crippen LogP contribution >= 0.6 is 0 Å². The molecular weight excluding hydrogens is 280 g/mol. The molecule has 0 amide bonds. The van der Waals surface area contributed by atoms with Crippen molar-refractivity contribution in [3.8, 4) is 5.75 Å². The van der Waals surface area contributed by atoms with E-state index in [1.165, 1.54) is 36.4 Å². The van der Waals surface area contributed by atoms with Crippen LogP contribution in [-0.4, -0.2) is 15.8 Å². The quantitative estimate of drug-likeness (QED) is 0.370. The van der Waals surface area contributed by atoms with Crippen LogP contribution in [0.1, 0.15) is 10.4 Å². The minimum atomic E-state index is -0.834. The third kappa shape index (κ3) is 3.18. The van der Waals surface area contributed by atoms with Crippen LogP contribution in [0.4, 0.5) is 11.4 Å². The van der Waals surface area contributed by atoms with Gasteiger partial charge in [0.25, 0.3) is 5.69 Å². The van der Waals surface area contributed by atoms with E-state index < -0.39 is 15.8 Å². The van der Waals surface area contributed by atoms with E-state index in [-0.39, 0.29) is 22.7 Å². The summed E-state index contributed by atoms with van der Waals surface area (Å²) >= 11 is 0. The zero-order valence-electron chi connectivity index (χ0n) is 10.5. The molecule has 21 heavy (non-hydrogen) atoms. The average Bonchev–Trinajstić information content (AvgIpc) is 2.47. The van der Waals surface area contributed by atoms with E-state index in [0.29, 0.717) is 0 Å². The number of hydrogen-bond donors (Lipinski definition) is 0. The second-order valence-corrected chi connectivity index (χ2v) is 3.92. The molecule has 106 valence electrons. The number of rotatable bonds is 4. The number of carbonyl (C=O) groups excluding carboxylic acids is 1. The molecule has 0 heterocycles. The van der Waals surface area contributed by atoms with Crippen LogP contribution in [0.3, 0.4) is 0 Å². The number of para-hydroxylation sites is 2. The lowest BCUT2D eigenvalue weighted by Gasteiger charge is -2.04. The van der Waals surface area contributed by atoms with Crippen LogP contribution in [-0.2, 0) is 0 Å². The molecule has 0 N–H and O–H groups in total. The highest BCUT2D eigenvalue weighted by Gasteiger charge is 2.18. The molecule has 8 nitrogen and oxygen atoms in total. The molecule has 0 saturated heterocycles. The van der Waals surface area contributed by atoms with Crippen molar-refractivity contribution < 1.29 is 19.4 Å². The smallest absolute Gasteiger partial charge is 0.343 e. The standard InChI is InChI=1S/C13H8N2O6/c16-13(9-5-7-10(8-6-9)14(17)18)21-12-4-2-1-3-11(12)15(19)20/h1-8H. The molecule has 0 aliphatic carbocycles. The van der Waals surface area contributed by atoms with Crippen LogP contribution in [0, 0.1) is 20.2 Å². The fourth-order valence-electron chi connectivity index (χ4n) is 1.57. The van der Waals surface area contributed by atoms with E-state index >= 15 is 0 Å². The molecule has 0 bridgehead atoms. The summed E-state index contributed by atoms with van der Waals surface area (Å²) in [7, 11) is 0. The predicted molar refractivity (Wildman–Crippen MR) is 71.2 cm³/mol. The van der Waals surface area contributed by atoms with Gasteiger partial charge >= 0.3 is 11.7 Å². The summed E-state index contributed by atoms with van der Waals surface area (Å²) in [6.07, 6.45) is 0. The Hall–Kier alpha value is -3.29. The number of nitrogens with zero attached hydrogens (tertiary/aromatic N) is 2. The monoisotopic (exact) mass is 288 g/mol. The summed E-state index contributed by atoms with van der Waals surface area (Å²) in [5.41, 5.74) is -0.455. The largest absolute Gasteiger partial charge is 0.416 e. The lowest BCUT2D eigenvalue weighted by atomic mass is 10.2. The SMILES string of the molecule is O=C(Oc1ccccc1[N+](=O)[O-])c1ccc([N+](=O)[O-])cc1. The topological polar surface area (TPSA) is 113 Å². The number of nitro benzene ring substituents is 2. The number of esters is 1. The fraction of sp³-hybridized carbons (Fsp3) is 0. The van der Waals surface area contributed by atoms with Crippen molar-refractivity contribution >= 4 is 17.3 Å². The number of hydrogen-bond acceptors (Lipinski definition) is 6. The van der Waals surface area contributed by atoms with E-state index in [9.17, 15) is 25.0 Å². The van der Waals surface area contributed by atoms with Crippen molar-refractivity contribution in [2.75, 3.05) is 0 Å². The summed E-state index contributed by atoms with van der Waals surface area (Å²) in [5, 5.41) is 21.3. The van der Waals surface area contributed by atoms with Crippen molar-refractivity contribution in [2.45, 2.75) is 0 Å². The Morgan fingerprint density at radius 2 is 1.52 bits per heavy atom. The Morgan fingerprint density at radius 3 is 2.10 bits per heavy atom. The highest BCUT2D eigenvalue weighted by atomic mass is 16.6. The normalized spacial score (nSPS) is 9.90. The number of ether oxygens (including phenoxy) is 1. The summed E-state index contributed by atoms with van der Waals surface area (Å²) in [6, 6.07) is 10.2. The molecule has 0 unspecified atom stereocenters. The predicted octanol–water partition coefficient (Wildman–Crippen LogP) is 2.72. The summed E-state index contributed by atoms with van der Waals surface area (Å²) in [4.78, 5) is 31.9. The van der Waals surface area contributed by atoms with E-state index in [1.807, 2.05) is 0 Å². The fourth-order valence-corrected chi connectivity index (χ4v) is 1.57. The van der Waals surface area contributed by atoms with Gasteiger partial charge in [0.05, 0.1) is 15.4 Å². The van der Waals surface area contributed by atoms with E-state index in [4.69, 9.17) is 4.74 Å². The van der Waals surface area contributed by atoms with Gasteiger partial charge in [-0.3, -0.25) is 20.2 Å². The maximum atomic E-state index is 11.9. The molecule has 2 rings (SSSR count). The molecule has 0 atom stereocenters. The molecule has 2 aromatic carbocycles. The van der Waals surface area contributed by atoms with Gasteiger partial charge in [-0.1, -0.05) is 12.1 Å². The van der Waals surface area contributed by atoms with Gasteiger partial charge in [-0.05, 0) is 18.2 Å². The molecular formula is C13H8N2O6. The van der Waals surface area contributed by atoms with Crippen molar-refractivity contribution in [3.05, 3.63) is 74.3 Å². The zero-order chi connectivity index (χ0) is 15.4. The van der Waals surface area contributed by atoms with Gasteiger partial charge in [-0.25, -0.2) is 4.79 Å². The van der Waals surface area contributed by atoms with Gasteiger partial charge < -0.3 is 4.74 Å². The number of carbonyl (C=O) groups is 1. The van der Waals surface area contributed by atoms with Crippen LogP contribution in [0.25, 0.3) is 0 Å². The maximum absolute atomic E-state index is 11.9. The molecule has 2 aromatic rings. The number of benzene rings is 2. The van der Waals surface area contributed by atoms with Crippen molar-refractivity contribution in [2.24, 2.45) is 0 Å². The first-order valence-electron chi connectivity index (χ1n) is 5.69. The second-order valence-electron chi connectivity index (χ2n) is 3.92. The molecule has 0 spiro atoms. The van der Waals surface area contributed by atoms with Crippen LogP contribution in [0.5, 0.6) is 5.75 Å². The lowest BCUT2D eigenvalue weighted by Crippen LogP contribution is -2.09. The van der Waals surface area contributed by atoms with Crippen molar-refractivity contribution in [3.63, 3.8) is 0 Å². The Bertz CT molecular complexity index is 711. The van der Waals surface area contributed by atoms with Gasteiger partial charge in [-0.15, -0.1) is 0 Å². The molecule has 0 saturated carbocycles. The van der Waals surface area contributed by atoms with Crippen LogP contribution < -0.4 is 4.74 Å². The second kappa shape index (κ2) is 5.78. The summed E-state index contributed by atoms with van der Waals surface area (Å²) in [6.45, 7) is 0. The summed E-state index contributed by atoms with van der Waals surface area (Å²) < 4.78 is 4.94. The minimum absolute atomic E-state index is 0.0544. The highest BCUT2D eigenvalue weighted by Crippen LogP contribution is 2.26. The van der Waals surface area contributed by atoms with Gasteiger partial charge in [0.1, 0.15) is 0 Å². The van der Waals surface area contributed by atoms with Gasteiger partial charge in [0.2, 0.25) is 5.75 Å². The number of non-ortho nitro benzene ring substituents is 1. The molecule has 8 heteroatoms. The first-order valence-corrected chi connectivity index (χ1v) is 5.69. The van der Waals surface area contributed by atoms with Crippen molar-refractivity contribution in [1.29, 1.82) is 0 Å². The molecule has 0 aliphatic heterocycles. The Balaban J connectivity index is 2.22. The van der Waals surface area contributed by atoms with Gasteiger partial charge in [0.15, 0.2) is 0 Å². The third-order valence-corrected chi connectivity index (χ3v) is 2.58. The van der Waals surface area contributed by atoms with E-state index in [0.717, 1.165) is 12.1 Å². The number of nitro groups is 2. The zero-order valence-corrected chi connectivity index (χ0v) is 10.5.